The molecule has 0 aliphatic heterocycles. The van der Waals surface area contributed by atoms with Crippen LogP contribution in [-0.4, -0.2) is 29.3 Å². The summed E-state index contributed by atoms with van der Waals surface area (Å²) >= 11 is 0. The van der Waals surface area contributed by atoms with Crippen LogP contribution in [0.1, 0.15) is 29.8 Å². The Morgan fingerprint density at radius 3 is 2.55 bits per heavy atom. The van der Waals surface area contributed by atoms with Crippen LogP contribution in [0.25, 0.3) is 10.9 Å². The maximum Gasteiger partial charge on any atom is 0.335 e. The number of carboxylic acid groups (broad SMARTS) is 1. The van der Waals surface area contributed by atoms with E-state index in [-0.39, 0.29) is 11.3 Å². The van der Waals surface area contributed by atoms with Crippen LogP contribution in [0.4, 0.5) is 0 Å². The number of aromatic nitrogens is 1. The summed E-state index contributed by atoms with van der Waals surface area (Å²) in [5.41, 5.74) is 1.62. The molecule has 1 aromatic carbocycles. The highest BCUT2D eigenvalue weighted by atomic mass is 32.2. The third kappa shape index (κ3) is 2.56. The van der Waals surface area contributed by atoms with E-state index in [1.54, 1.807) is 26.1 Å². The van der Waals surface area contributed by atoms with E-state index in [1.165, 1.54) is 12.1 Å². The Balaban J connectivity index is 2.59. The minimum Gasteiger partial charge on any atom is -0.478 e. The van der Waals surface area contributed by atoms with Crippen LogP contribution in [0.15, 0.2) is 24.4 Å². The smallest absolute Gasteiger partial charge is 0.335 e. The second-order valence-electron chi connectivity index (χ2n) is 5.16. The molecule has 2 rings (SSSR count). The Kier molecular flexibility index (Phi) is 3.60. The van der Waals surface area contributed by atoms with Crippen molar-refractivity contribution in [3.63, 3.8) is 0 Å². The van der Waals surface area contributed by atoms with Gasteiger partial charge in [0.15, 0.2) is 9.84 Å². The summed E-state index contributed by atoms with van der Waals surface area (Å²) in [6.45, 7) is 3.28. The Morgan fingerprint density at radius 1 is 1.35 bits per heavy atom. The molecule has 5 nitrogen and oxygen atoms in total. The molecule has 0 aliphatic rings. The van der Waals surface area contributed by atoms with E-state index in [1.807, 2.05) is 11.6 Å². The van der Waals surface area contributed by atoms with Gasteiger partial charge in [-0.15, -0.1) is 0 Å². The molecule has 0 atom stereocenters. The minimum absolute atomic E-state index is 0.0783. The quantitative estimate of drug-likeness (QED) is 0.938. The standard InChI is InChI=1S/C14H17NO4S/c1-9(2)20(18,19)8-11-7-15(3)13-5-4-10(14(16)17)6-12(11)13/h4-7,9H,8H2,1-3H3,(H,16,17). The zero-order valence-corrected chi connectivity index (χ0v) is 12.4. The van der Waals surface area contributed by atoms with E-state index in [4.69, 9.17) is 5.11 Å². The lowest BCUT2D eigenvalue weighted by atomic mass is 10.1. The van der Waals surface area contributed by atoms with Crippen LogP contribution in [0, 0.1) is 0 Å². The predicted molar refractivity (Wildman–Crippen MR) is 77.6 cm³/mol. The average Bonchev–Trinajstić information content (AvgIpc) is 2.65. The van der Waals surface area contributed by atoms with Crippen molar-refractivity contribution in [3.8, 4) is 0 Å². The fourth-order valence-corrected chi connectivity index (χ4v) is 3.10. The van der Waals surface area contributed by atoms with Crippen molar-refractivity contribution in [3.05, 3.63) is 35.5 Å². The van der Waals surface area contributed by atoms with Crippen LogP contribution >= 0.6 is 0 Å². The molecule has 1 heterocycles. The normalized spacial score (nSPS) is 12.2. The molecule has 0 saturated carbocycles. The van der Waals surface area contributed by atoms with Crippen LogP contribution in [0.3, 0.4) is 0 Å². The monoisotopic (exact) mass is 295 g/mol. The summed E-state index contributed by atoms with van der Waals surface area (Å²) in [6, 6.07) is 4.75. The van der Waals surface area contributed by atoms with Gasteiger partial charge >= 0.3 is 5.97 Å². The maximum atomic E-state index is 12.0. The number of aromatic carboxylic acids is 1. The van der Waals surface area contributed by atoms with Gasteiger partial charge in [0, 0.05) is 24.1 Å². The van der Waals surface area contributed by atoms with Gasteiger partial charge in [0.1, 0.15) is 0 Å². The molecule has 0 bridgehead atoms. The van der Waals surface area contributed by atoms with Crippen molar-refractivity contribution in [2.75, 3.05) is 0 Å². The van der Waals surface area contributed by atoms with Crippen molar-refractivity contribution in [1.82, 2.24) is 4.57 Å². The number of hydrogen-bond donors (Lipinski definition) is 1. The third-order valence-electron chi connectivity index (χ3n) is 3.39. The van der Waals surface area contributed by atoms with Gasteiger partial charge in [-0.3, -0.25) is 0 Å². The number of aryl methyl sites for hydroxylation is 1. The summed E-state index contributed by atoms with van der Waals surface area (Å²) < 4.78 is 25.9. The number of carbonyl (C=O) groups is 1. The highest BCUT2D eigenvalue weighted by Gasteiger charge is 2.20. The highest BCUT2D eigenvalue weighted by molar-refractivity contribution is 7.91. The minimum atomic E-state index is -3.22. The van der Waals surface area contributed by atoms with E-state index in [0.29, 0.717) is 10.9 Å². The zero-order chi connectivity index (χ0) is 15.1. The second-order valence-corrected chi connectivity index (χ2v) is 7.72. The van der Waals surface area contributed by atoms with Crippen LogP contribution < -0.4 is 0 Å². The summed E-state index contributed by atoms with van der Waals surface area (Å²) in [5, 5.41) is 9.26. The number of hydrogen-bond acceptors (Lipinski definition) is 3. The van der Waals surface area contributed by atoms with E-state index < -0.39 is 21.1 Å². The number of fused-ring (bicyclic) bond motifs is 1. The number of carboxylic acids is 1. The molecular weight excluding hydrogens is 278 g/mol. The van der Waals surface area contributed by atoms with Gasteiger partial charge in [-0.1, -0.05) is 0 Å². The zero-order valence-electron chi connectivity index (χ0n) is 11.6. The van der Waals surface area contributed by atoms with Crippen LogP contribution in [0.2, 0.25) is 0 Å². The van der Waals surface area contributed by atoms with Crippen molar-refractivity contribution in [1.29, 1.82) is 0 Å². The molecule has 1 aromatic heterocycles. The van der Waals surface area contributed by atoms with Gasteiger partial charge in [0.25, 0.3) is 0 Å². The number of nitrogens with zero attached hydrogens (tertiary/aromatic N) is 1. The van der Waals surface area contributed by atoms with Crippen molar-refractivity contribution < 1.29 is 18.3 Å². The maximum absolute atomic E-state index is 12.0. The molecule has 2 aromatic rings. The fraction of sp³-hybridized carbons (Fsp3) is 0.357. The van der Waals surface area contributed by atoms with Crippen molar-refractivity contribution in [2.45, 2.75) is 24.9 Å². The first-order valence-electron chi connectivity index (χ1n) is 6.25. The summed E-state index contributed by atoms with van der Waals surface area (Å²) in [7, 11) is -1.41. The molecule has 0 saturated heterocycles. The molecule has 0 amide bonds. The number of sulfone groups is 1. The Labute approximate surface area is 117 Å². The highest BCUT2D eigenvalue weighted by Crippen LogP contribution is 2.25. The van der Waals surface area contributed by atoms with Crippen molar-refractivity contribution >= 4 is 26.7 Å². The molecule has 0 unspecified atom stereocenters. The molecule has 20 heavy (non-hydrogen) atoms. The first-order valence-corrected chi connectivity index (χ1v) is 7.96. The summed E-state index contributed by atoms with van der Waals surface area (Å²) in [4.78, 5) is 11.0. The lowest BCUT2D eigenvalue weighted by molar-refractivity contribution is 0.0697. The fourth-order valence-electron chi connectivity index (χ4n) is 2.11. The largest absolute Gasteiger partial charge is 0.478 e. The average molecular weight is 295 g/mol. The first kappa shape index (κ1) is 14.6. The molecule has 0 aliphatic carbocycles. The van der Waals surface area contributed by atoms with Crippen LogP contribution in [0.5, 0.6) is 0 Å². The SMILES string of the molecule is CC(C)S(=O)(=O)Cc1cn(C)c2ccc(C(=O)O)cc12. The summed E-state index contributed by atoms with van der Waals surface area (Å²) in [5.74, 6) is -1.10. The van der Waals surface area contributed by atoms with Gasteiger partial charge < -0.3 is 9.67 Å². The molecule has 0 fully saturated rings. The van der Waals surface area contributed by atoms with Gasteiger partial charge in [-0.05, 0) is 37.6 Å². The molecule has 1 N–H and O–H groups in total. The Hall–Kier alpha value is -1.82. The molecule has 6 heteroatoms. The van der Waals surface area contributed by atoms with Crippen LogP contribution in [-0.2, 0) is 22.6 Å². The molecule has 108 valence electrons. The molecule has 0 radical (unpaired) electrons. The summed E-state index contributed by atoms with van der Waals surface area (Å²) in [6.07, 6.45) is 1.75. The molecular formula is C14H17NO4S. The number of rotatable bonds is 4. The Bertz CT molecular complexity index is 772. The van der Waals surface area contributed by atoms with Gasteiger partial charge in [0.05, 0.1) is 16.6 Å². The van der Waals surface area contributed by atoms with Crippen molar-refractivity contribution in [2.24, 2.45) is 7.05 Å². The van der Waals surface area contributed by atoms with E-state index in [9.17, 15) is 13.2 Å². The van der Waals surface area contributed by atoms with Gasteiger partial charge in [-0.25, -0.2) is 13.2 Å². The third-order valence-corrected chi connectivity index (χ3v) is 5.54. The van der Waals surface area contributed by atoms with E-state index in [2.05, 4.69) is 0 Å². The lowest BCUT2D eigenvalue weighted by Crippen LogP contribution is -2.15. The van der Waals surface area contributed by atoms with E-state index in [0.717, 1.165) is 5.52 Å². The topological polar surface area (TPSA) is 76.4 Å². The van der Waals surface area contributed by atoms with E-state index >= 15 is 0 Å². The van der Waals surface area contributed by atoms with Gasteiger partial charge in [0.2, 0.25) is 0 Å². The van der Waals surface area contributed by atoms with Gasteiger partial charge in [-0.2, -0.15) is 0 Å². The second kappa shape index (κ2) is 4.94. The lowest BCUT2D eigenvalue weighted by Gasteiger charge is -2.06. The predicted octanol–water partition coefficient (Wildman–Crippen LogP) is 2.20. The number of benzene rings is 1. The Morgan fingerprint density at radius 2 is 2.00 bits per heavy atom. The molecule has 0 spiro atoms. The first-order chi connectivity index (χ1) is 9.22.